The quantitative estimate of drug-likeness (QED) is 0.501. The van der Waals surface area contributed by atoms with Gasteiger partial charge in [0.15, 0.2) is 18.1 Å². The van der Waals surface area contributed by atoms with Crippen molar-refractivity contribution >= 4 is 28.1 Å². The monoisotopic (exact) mass is 434 g/mol. The Hall–Kier alpha value is -2.54. The maximum atomic E-state index is 12.0. The lowest BCUT2D eigenvalue weighted by Crippen LogP contribution is -2.24. The number of hydrazone groups is 1. The van der Waals surface area contributed by atoms with Crippen LogP contribution in [0.15, 0.2) is 46.0 Å². The molecule has 1 amide bonds. The van der Waals surface area contributed by atoms with E-state index in [0.29, 0.717) is 17.2 Å². The molecule has 2 aromatic rings. The SMILES string of the molecule is COc1ccc(/C=N/NC(=O)COc2ccc(Br)cc2C(C)C)cc1OC. The summed E-state index contributed by atoms with van der Waals surface area (Å²) >= 11 is 3.45. The highest BCUT2D eigenvalue weighted by Crippen LogP contribution is 2.29. The Morgan fingerprint density at radius 2 is 1.81 bits per heavy atom. The minimum atomic E-state index is -0.343. The van der Waals surface area contributed by atoms with Crippen LogP contribution in [0, 0.1) is 0 Å². The number of ether oxygens (including phenoxy) is 3. The number of nitrogens with one attached hydrogen (secondary N) is 1. The largest absolute Gasteiger partial charge is 0.493 e. The summed E-state index contributed by atoms with van der Waals surface area (Å²) in [5.74, 6) is 1.84. The first-order chi connectivity index (χ1) is 12.9. The van der Waals surface area contributed by atoms with E-state index >= 15 is 0 Å². The summed E-state index contributed by atoms with van der Waals surface area (Å²) in [5, 5.41) is 3.95. The number of hydrogen-bond acceptors (Lipinski definition) is 5. The Labute approximate surface area is 167 Å². The van der Waals surface area contributed by atoms with E-state index in [4.69, 9.17) is 14.2 Å². The highest BCUT2D eigenvalue weighted by atomic mass is 79.9. The molecule has 0 atom stereocenters. The van der Waals surface area contributed by atoms with Crippen molar-refractivity contribution in [2.45, 2.75) is 19.8 Å². The molecule has 0 spiro atoms. The summed E-state index contributed by atoms with van der Waals surface area (Å²) in [4.78, 5) is 12.0. The highest BCUT2D eigenvalue weighted by Gasteiger charge is 2.10. The molecule has 27 heavy (non-hydrogen) atoms. The van der Waals surface area contributed by atoms with Gasteiger partial charge in [0.05, 0.1) is 20.4 Å². The van der Waals surface area contributed by atoms with Gasteiger partial charge < -0.3 is 14.2 Å². The first kappa shape index (κ1) is 20.8. The van der Waals surface area contributed by atoms with Crippen molar-refractivity contribution in [1.29, 1.82) is 0 Å². The lowest BCUT2D eigenvalue weighted by atomic mass is 10.0. The Balaban J connectivity index is 1.92. The van der Waals surface area contributed by atoms with E-state index in [-0.39, 0.29) is 18.4 Å². The fourth-order valence-corrected chi connectivity index (χ4v) is 2.77. The summed E-state index contributed by atoms with van der Waals surface area (Å²) in [5.41, 5.74) is 4.25. The first-order valence-corrected chi connectivity index (χ1v) is 9.20. The van der Waals surface area contributed by atoms with Crippen molar-refractivity contribution in [3.63, 3.8) is 0 Å². The minimum absolute atomic E-state index is 0.120. The normalized spacial score (nSPS) is 10.9. The first-order valence-electron chi connectivity index (χ1n) is 8.40. The van der Waals surface area contributed by atoms with Crippen LogP contribution in [0.1, 0.15) is 30.9 Å². The van der Waals surface area contributed by atoms with Gasteiger partial charge in [-0.1, -0.05) is 29.8 Å². The van der Waals surface area contributed by atoms with Crippen LogP contribution in [0.4, 0.5) is 0 Å². The van der Waals surface area contributed by atoms with Gasteiger partial charge in [-0.2, -0.15) is 5.10 Å². The van der Waals surface area contributed by atoms with Gasteiger partial charge in [0.1, 0.15) is 5.75 Å². The predicted octanol–water partition coefficient (Wildman–Crippen LogP) is 4.12. The molecule has 0 saturated carbocycles. The summed E-state index contributed by atoms with van der Waals surface area (Å²) in [6.45, 7) is 4.02. The predicted molar refractivity (Wildman–Crippen MR) is 109 cm³/mol. The van der Waals surface area contributed by atoms with Crippen LogP contribution in [-0.2, 0) is 4.79 Å². The van der Waals surface area contributed by atoms with Crippen LogP contribution in [0.2, 0.25) is 0 Å². The summed E-state index contributed by atoms with van der Waals surface area (Å²) in [6.07, 6.45) is 1.53. The second-order valence-electron chi connectivity index (χ2n) is 6.03. The Morgan fingerprint density at radius 1 is 1.11 bits per heavy atom. The van der Waals surface area contributed by atoms with Crippen molar-refractivity contribution in [2.75, 3.05) is 20.8 Å². The second-order valence-corrected chi connectivity index (χ2v) is 6.95. The van der Waals surface area contributed by atoms with Gasteiger partial charge in [-0.05, 0) is 53.4 Å². The average Bonchev–Trinajstić information content (AvgIpc) is 2.66. The van der Waals surface area contributed by atoms with E-state index in [1.807, 2.05) is 24.3 Å². The molecule has 6 nitrogen and oxygen atoms in total. The van der Waals surface area contributed by atoms with Gasteiger partial charge in [0, 0.05) is 4.47 Å². The van der Waals surface area contributed by atoms with Crippen LogP contribution in [-0.4, -0.2) is 32.9 Å². The zero-order chi connectivity index (χ0) is 19.8. The molecular formula is C20H23BrN2O4. The van der Waals surface area contributed by atoms with E-state index in [0.717, 1.165) is 15.6 Å². The molecule has 0 aliphatic heterocycles. The van der Waals surface area contributed by atoms with Crippen LogP contribution >= 0.6 is 15.9 Å². The van der Waals surface area contributed by atoms with Gasteiger partial charge in [0.25, 0.3) is 5.91 Å². The summed E-state index contributed by atoms with van der Waals surface area (Å²) in [7, 11) is 3.13. The third-order valence-corrected chi connectivity index (χ3v) is 4.26. The van der Waals surface area contributed by atoms with Crippen molar-refractivity contribution < 1.29 is 19.0 Å². The molecule has 7 heteroatoms. The lowest BCUT2D eigenvalue weighted by Gasteiger charge is -2.13. The van der Waals surface area contributed by atoms with E-state index in [9.17, 15) is 4.79 Å². The van der Waals surface area contributed by atoms with Crippen LogP contribution in [0.5, 0.6) is 17.2 Å². The smallest absolute Gasteiger partial charge is 0.277 e. The molecule has 144 valence electrons. The van der Waals surface area contributed by atoms with E-state index < -0.39 is 0 Å². The van der Waals surface area contributed by atoms with E-state index in [1.165, 1.54) is 6.21 Å². The molecule has 0 fully saturated rings. The van der Waals surface area contributed by atoms with Crippen molar-refractivity contribution in [1.82, 2.24) is 5.43 Å². The average molecular weight is 435 g/mol. The number of methoxy groups -OCH3 is 2. The maximum absolute atomic E-state index is 12.0. The molecule has 0 heterocycles. The topological polar surface area (TPSA) is 69.2 Å². The standard InChI is InChI=1S/C20H23BrN2O4/c1-13(2)16-10-15(21)6-8-17(16)27-12-20(24)23-22-11-14-5-7-18(25-3)19(9-14)26-4/h5-11,13H,12H2,1-4H3,(H,23,24)/b22-11+. The molecule has 2 aromatic carbocycles. The van der Waals surface area contributed by atoms with E-state index in [2.05, 4.69) is 40.3 Å². The molecule has 2 rings (SSSR count). The van der Waals surface area contributed by atoms with Crippen molar-refractivity contribution in [2.24, 2.45) is 5.10 Å². The van der Waals surface area contributed by atoms with E-state index in [1.54, 1.807) is 26.4 Å². The minimum Gasteiger partial charge on any atom is -0.493 e. The van der Waals surface area contributed by atoms with Crippen LogP contribution in [0.25, 0.3) is 0 Å². The number of benzene rings is 2. The number of nitrogens with zero attached hydrogens (tertiary/aromatic N) is 1. The molecule has 0 aliphatic rings. The van der Waals surface area contributed by atoms with Gasteiger partial charge in [-0.15, -0.1) is 0 Å². The zero-order valence-corrected chi connectivity index (χ0v) is 17.4. The number of carbonyl (C=O) groups excluding carboxylic acids is 1. The van der Waals surface area contributed by atoms with Crippen LogP contribution < -0.4 is 19.6 Å². The number of rotatable bonds is 8. The third-order valence-electron chi connectivity index (χ3n) is 3.76. The van der Waals surface area contributed by atoms with Gasteiger partial charge in [-0.3, -0.25) is 4.79 Å². The number of amides is 1. The van der Waals surface area contributed by atoms with Gasteiger partial charge in [-0.25, -0.2) is 5.43 Å². The summed E-state index contributed by atoms with van der Waals surface area (Å²) in [6, 6.07) is 11.1. The summed E-state index contributed by atoms with van der Waals surface area (Å²) < 4.78 is 17.0. The number of hydrogen-bond donors (Lipinski definition) is 1. The molecule has 0 radical (unpaired) electrons. The van der Waals surface area contributed by atoms with Crippen molar-refractivity contribution in [3.05, 3.63) is 52.0 Å². The third kappa shape index (κ3) is 5.99. The zero-order valence-electron chi connectivity index (χ0n) is 15.8. The Kier molecular flexibility index (Phi) is 7.67. The number of carbonyl (C=O) groups is 1. The molecule has 0 aliphatic carbocycles. The number of halogens is 1. The molecule has 1 N–H and O–H groups in total. The van der Waals surface area contributed by atoms with Gasteiger partial charge >= 0.3 is 0 Å². The lowest BCUT2D eigenvalue weighted by molar-refractivity contribution is -0.123. The highest BCUT2D eigenvalue weighted by molar-refractivity contribution is 9.10. The second kappa shape index (κ2) is 9.97. The van der Waals surface area contributed by atoms with Crippen molar-refractivity contribution in [3.8, 4) is 17.2 Å². The Bertz CT molecular complexity index is 822. The molecule has 0 unspecified atom stereocenters. The Morgan fingerprint density at radius 3 is 2.48 bits per heavy atom. The fourth-order valence-electron chi connectivity index (χ4n) is 2.39. The molecule has 0 bridgehead atoms. The fraction of sp³-hybridized carbons (Fsp3) is 0.300. The molecule has 0 aromatic heterocycles. The molecule has 0 saturated heterocycles. The van der Waals surface area contributed by atoms with Crippen LogP contribution in [0.3, 0.4) is 0 Å². The molecular weight excluding hydrogens is 412 g/mol. The van der Waals surface area contributed by atoms with Gasteiger partial charge in [0.2, 0.25) is 0 Å². The maximum Gasteiger partial charge on any atom is 0.277 e.